The maximum absolute atomic E-state index is 12.7. The van der Waals surface area contributed by atoms with Crippen LogP contribution in [0.25, 0.3) is 0 Å². The second kappa shape index (κ2) is 11.0. The minimum absolute atomic E-state index is 0.0471. The van der Waals surface area contributed by atoms with E-state index in [-0.39, 0.29) is 11.6 Å². The summed E-state index contributed by atoms with van der Waals surface area (Å²) in [6, 6.07) is 11.5. The highest BCUT2D eigenvalue weighted by Crippen LogP contribution is 2.31. The van der Waals surface area contributed by atoms with Crippen molar-refractivity contribution in [3.05, 3.63) is 57.2 Å². The fraction of sp³-hybridized carbons (Fsp3) is 0.261. The van der Waals surface area contributed by atoms with Gasteiger partial charge in [-0.25, -0.2) is 10.2 Å². The van der Waals surface area contributed by atoms with Gasteiger partial charge in [-0.1, -0.05) is 19.8 Å². The average molecular weight is 562 g/mol. The predicted octanol–water partition coefficient (Wildman–Crippen LogP) is 3.77. The summed E-state index contributed by atoms with van der Waals surface area (Å²) in [6.45, 7) is 3.26. The molecule has 10 heteroatoms. The largest absolute Gasteiger partial charge is 0.333 e. The fourth-order valence-corrected chi connectivity index (χ4v) is 3.65. The minimum atomic E-state index is -0.663. The topological polar surface area (TPSA) is 117 Å². The van der Waals surface area contributed by atoms with Crippen molar-refractivity contribution in [2.45, 2.75) is 39.5 Å². The van der Waals surface area contributed by atoms with E-state index in [1.165, 1.54) is 6.92 Å². The second-order valence-corrected chi connectivity index (χ2v) is 8.57. The Hall–Kier alpha value is -3.28. The molecular formula is C23H23IN4O5. The van der Waals surface area contributed by atoms with Gasteiger partial charge in [-0.3, -0.25) is 14.4 Å². The van der Waals surface area contributed by atoms with E-state index < -0.39 is 17.8 Å². The number of anilines is 2. The van der Waals surface area contributed by atoms with Gasteiger partial charge in [0.05, 0.1) is 5.69 Å². The molecule has 0 atom stereocenters. The molecule has 2 N–H and O–H groups in total. The number of nitrogens with one attached hydrogen (secondary N) is 2. The van der Waals surface area contributed by atoms with Crippen molar-refractivity contribution in [3.63, 3.8) is 0 Å². The first-order valence-electron chi connectivity index (χ1n) is 10.4. The van der Waals surface area contributed by atoms with Gasteiger partial charge in [0, 0.05) is 33.7 Å². The van der Waals surface area contributed by atoms with Gasteiger partial charge in [0.1, 0.15) is 0 Å². The van der Waals surface area contributed by atoms with Crippen molar-refractivity contribution in [1.29, 1.82) is 0 Å². The summed E-state index contributed by atoms with van der Waals surface area (Å²) in [5, 5.41) is 7.65. The molecule has 0 saturated carbocycles. The Morgan fingerprint density at radius 3 is 2.48 bits per heavy atom. The highest BCUT2D eigenvalue weighted by molar-refractivity contribution is 14.1. The van der Waals surface area contributed by atoms with E-state index in [1.807, 2.05) is 0 Å². The summed E-state index contributed by atoms with van der Waals surface area (Å²) in [5.74, 6) is -1.93. The number of unbranched alkanes of at least 4 members (excludes halogenated alkanes) is 2. The lowest BCUT2D eigenvalue weighted by Gasteiger charge is -2.13. The molecule has 0 spiro atoms. The van der Waals surface area contributed by atoms with Gasteiger partial charge < -0.3 is 10.2 Å². The molecule has 1 aliphatic heterocycles. The molecule has 2 aromatic carbocycles. The van der Waals surface area contributed by atoms with Gasteiger partial charge in [0.15, 0.2) is 5.71 Å². The van der Waals surface area contributed by atoms with Gasteiger partial charge in [0.25, 0.3) is 5.91 Å². The first kappa shape index (κ1) is 24.4. The second-order valence-electron chi connectivity index (χ2n) is 7.33. The van der Waals surface area contributed by atoms with Crippen LogP contribution < -0.4 is 15.8 Å². The monoisotopic (exact) mass is 562 g/mol. The third-order valence-corrected chi connectivity index (χ3v) is 5.42. The van der Waals surface area contributed by atoms with Crippen molar-refractivity contribution < 1.29 is 24.0 Å². The highest BCUT2D eigenvalue weighted by atomic mass is 127. The van der Waals surface area contributed by atoms with Gasteiger partial charge in [-0.2, -0.15) is 5.10 Å². The minimum Gasteiger partial charge on any atom is -0.333 e. The number of hydrazone groups is 1. The third-order valence-electron chi connectivity index (χ3n) is 4.75. The summed E-state index contributed by atoms with van der Waals surface area (Å²) >= 11 is 2.08. The Labute approximate surface area is 204 Å². The molecule has 0 aromatic heterocycles. The van der Waals surface area contributed by atoms with Crippen LogP contribution in [0.2, 0.25) is 0 Å². The summed E-state index contributed by atoms with van der Waals surface area (Å²) < 4.78 is 0.843. The molecule has 2 aromatic rings. The van der Waals surface area contributed by atoms with E-state index in [0.717, 1.165) is 27.9 Å². The molecule has 1 aliphatic rings. The van der Waals surface area contributed by atoms with Crippen LogP contribution in [-0.2, 0) is 19.2 Å². The molecule has 0 bridgehead atoms. The number of rotatable bonds is 8. The quantitative estimate of drug-likeness (QED) is 0.289. The first-order chi connectivity index (χ1) is 15.8. The lowest BCUT2D eigenvalue weighted by atomic mass is 10.1. The van der Waals surface area contributed by atoms with E-state index in [2.05, 4.69) is 45.4 Å². The zero-order chi connectivity index (χ0) is 24.0. The molecule has 3 amide bonds. The van der Waals surface area contributed by atoms with Crippen molar-refractivity contribution in [2.75, 3.05) is 10.4 Å². The number of fused-ring (bicyclic) bond motifs is 1. The van der Waals surface area contributed by atoms with Crippen LogP contribution in [0.4, 0.5) is 11.4 Å². The molecule has 0 saturated heterocycles. The summed E-state index contributed by atoms with van der Waals surface area (Å²) in [5.41, 5.74) is 4.02. The highest BCUT2D eigenvalue weighted by Gasteiger charge is 2.37. The van der Waals surface area contributed by atoms with Crippen LogP contribution in [-0.4, -0.2) is 29.4 Å². The van der Waals surface area contributed by atoms with Crippen LogP contribution >= 0.6 is 22.6 Å². The lowest BCUT2D eigenvalue weighted by molar-refractivity contribution is -0.146. The number of hydrogen-bond acceptors (Lipinski definition) is 6. The third kappa shape index (κ3) is 6.15. The van der Waals surface area contributed by atoms with Crippen LogP contribution in [0.15, 0.2) is 47.6 Å². The molecule has 0 radical (unpaired) electrons. The number of carbonyl (C=O) groups excluding carboxylic acids is 4. The zero-order valence-corrected chi connectivity index (χ0v) is 20.3. The summed E-state index contributed by atoms with van der Waals surface area (Å²) in [7, 11) is 0. The number of nitrogens with zero attached hydrogens (tertiary/aromatic N) is 2. The summed E-state index contributed by atoms with van der Waals surface area (Å²) in [6.07, 6.45) is 3.32. The average Bonchev–Trinajstić information content (AvgIpc) is 3.02. The molecule has 33 heavy (non-hydrogen) atoms. The van der Waals surface area contributed by atoms with Gasteiger partial charge in [-0.15, -0.1) is 5.06 Å². The van der Waals surface area contributed by atoms with E-state index in [0.29, 0.717) is 28.9 Å². The van der Waals surface area contributed by atoms with Crippen molar-refractivity contribution in [3.8, 4) is 0 Å². The van der Waals surface area contributed by atoms with Crippen LogP contribution in [0.1, 0.15) is 55.5 Å². The molecule has 0 unspecified atom stereocenters. The lowest BCUT2D eigenvalue weighted by Crippen LogP contribution is -2.33. The molecule has 3 rings (SSSR count). The van der Waals surface area contributed by atoms with E-state index in [1.54, 1.807) is 42.5 Å². The Balaban J connectivity index is 1.70. The van der Waals surface area contributed by atoms with E-state index in [4.69, 9.17) is 4.84 Å². The van der Waals surface area contributed by atoms with Gasteiger partial charge in [0.2, 0.25) is 5.91 Å². The van der Waals surface area contributed by atoms with Crippen molar-refractivity contribution in [1.82, 2.24) is 5.43 Å². The zero-order valence-electron chi connectivity index (χ0n) is 18.2. The number of halogens is 1. The van der Waals surface area contributed by atoms with Crippen molar-refractivity contribution in [2.24, 2.45) is 5.10 Å². The molecule has 0 fully saturated rings. The van der Waals surface area contributed by atoms with Gasteiger partial charge in [-0.05, 0) is 71.5 Å². The number of amides is 3. The first-order valence-corrected chi connectivity index (χ1v) is 11.5. The molecule has 1 heterocycles. The van der Waals surface area contributed by atoms with Crippen LogP contribution in [0.5, 0.6) is 0 Å². The number of benzene rings is 2. The SMILES string of the molecule is CCCCCC(=O)Nc1ccc(C(=O)NN=C2C(=O)N(OC(C)=O)c3ccc(I)cc32)cc1. The standard InChI is InChI=1S/C23H23IN4O5/c1-3-4-5-6-20(30)25-17-10-7-15(8-11-17)22(31)27-26-21-18-13-16(24)9-12-19(18)28(23(21)32)33-14(2)29/h7-13H,3-6H2,1-2H3,(H,25,30)(H,27,31). The molecule has 172 valence electrons. The van der Waals surface area contributed by atoms with Crippen LogP contribution in [0, 0.1) is 3.57 Å². The van der Waals surface area contributed by atoms with E-state index in [9.17, 15) is 19.2 Å². The molecule has 0 aliphatic carbocycles. The Bertz CT molecular complexity index is 1110. The van der Waals surface area contributed by atoms with Gasteiger partial charge >= 0.3 is 11.9 Å². The smallest absolute Gasteiger partial charge is 0.330 e. The molecule has 9 nitrogen and oxygen atoms in total. The fourth-order valence-electron chi connectivity index (χ4n) is 3.16. The predicted molar refractivity (Wildman–Crippen MR) is 132 cm³/mol. The Morgan fingerprint density at radius 1 is 1.09 bits per heavy atom. The maximum atomic E-state index is 12.7. The normalized spacial score (nSPS) is 13.6. The Kier molecular flexibility index (Phi) is 8.15. The van der Waals surface area contributed by atoms with Crippen LogP contribution in [0.3, 0.4) is 0 Å². The number of hydroxylamine groups is 1. The molecular weight excluding hydrogens is 539 g/mol. The Morgan fingerprint density at radius 2 is 1.82 bits per heavy atom. The van der Waals surface area contributed by atoms with E-state index >= 15 is 0 Å². The maximum Gasteiger partial charge on any atom is 0.330 e. The summed E-state index contributed by atoms with van der Waals surface area (Å²) in [4.78, 5) is 53.6. The van der Waals surface area contributed by atoms with Crippen molar-refractivity contribution >= 4 is 63.4 Å². The number of hydrogen-bond donors (Lipinski definition) is 2. The number of carbonyl (C=O) groups is 4.